The molecular formula is C20H18N4O2. The lowest BCUT2D eigenvalue weighted by Crippen LogP contribution is -2.31. The average molecular weight is 346 g/mol. The van der Waals surface area contributed by atoms with Gasteiger partial charge in [0.2, 0.25) is 0 Å². The van der Waals surface area contributed by atoms with Gasteiger partial charge in [0.1, 0.15) is 11.8 Å². The summed E-state index contributed by atoms with van der Waals surface area (Å²) in [5, 5.41) is 11.9. The number of para-hydroxylation sites is 1. The molecule has 1 atom stereocenters. The van der Waals surface area contributed by atoms with Crippen LogP contribution >= 0.6 is 0 Å². The number of hydrogen-bond acceptors (Lipinski definition) is 4. The highest BCUT2D eigenvalue weighted by molar-refractivity contribution is 5.78. The number of hydrogen-bond donors (Lipinski definition) is 1. The number of amides is 1. The van der Waals surface area contributed by atoms with Crippen LogP contribution in [0.1, 0.15) is 24.1 Å². The summed E-state index contributed by atoms with van der Waals surface area (Å²) in [6, 6.07) is 16.6. The molecule has 1 amide bonds. The van der Waals surface area contributed by atoms with Crippen LogP contribution in [-0.2, 0) is 4.79 Å². The molecule has 0 bridgehead atoms. The Labute approximate surface area is 151 Å². The molecule has 3 rings (SSSR count). The summed E-state index contributed by atoms with van der Waals surface area (Å²) in [4.78, 5) is 16.1. The van der Waals surface area contributed by atoms with Crippen molar-refractivity contribution in [3.8, 4) is 17.5 Å². The van der Waals surface area contributed by atoms with Crippen LogP contribution in [0.15, 0.2) is 67.3 Å². The van der Waals surface area contributed by atoms with Crippen molar-refractivity contribution in [3.63, 3.8) is 0 Å². The Hall–Kier alpha value is -3.59. The molecule has 1 N–H and O–H groups in total. The Bertz CT molecular complexity index is 912. The molecular weight excluding hydrogens is 328 g/mol. The molecule has 6 nitrogen and oxygen atoms in total. The third-order valence-electron chi connectivity index (χ3n) is 3.94. The first-order chi connectivity index (χ1) is 12.7. The van der Waals surface area contributed by atoms with E-state index in [4.69, 9.17) is 10.00 Å². The number of ether oxygens (including phenoxy) is 1. The monoisotopic (exact) mass is 346 g/mol. The summed E-state index contributed by atoms with van der Waals surface area (Å²) >= 11 is 0. The lowest BCUT2D eigenvalue weighted by atomic mass is 10.1. The zero-order valence-electron chi connectivity index (χ0n) is 14.3. The van der Waals surface area contributed by atoms with E-state index in [9.17, 15) is 4.79 Å². The first-order valence-electron chi connectivity index (χ1n) is 8.17. The molecule has 0 spiro atoms. The van der Waals surface area contributed by atoms with Gasteiger partial charge in [0.25, 0.3) is 5.91 Å². The van der Waals surface area contributed by atoms with Crippen molar-refractivity contribution in [2.45, 2.75) is 13.0 Å². The third-order valence-corrected chi connectivity index (χ3v) is 3.94. The molecule has 0 aliphatic heterocycles. The minimum atomic E-state index is -0.246. The van der Waals surface area contributed by atoms with E-state index >= 15 is 0 Å². The lowest BCUT2D eigenvalue weighted by molar-refractivity contribution is -0.123. The maximum atomic E-state index is 12.1. The molecule has 0 aliphatic rings. The Balaban J connectivity index is 1.56. The summed E-state index contributed by atoms with van der Waals surface area (Å²) in [6.45, 7) is 1.77. The Morgan fingerprint density at radius 2 is 2.04 bits per heavy atom. The summed E-state index contributed by atoms with van der Waals surface area (Å²) in [5.41, 5.74) is 2.39. The molecule has 1 aromatic heterocycles. The Kier molecular flexibility index (Phi) is 5.30. The molecule has 26 heavy (non-hydrogen) atoms. The number of rotatable bonds is 6. The van der Waals surface area contributed by atoms with Crippen molar-refractivity contribution in [3.05, 3.63) is 78.4 Å². The third kappa shape index (κ3) is 4.08. The van der Waals surface area contributed by atoms with Gasteiger partial charge >= 0.3 is 0 Å². The molecule has 0 saturated heterocycles. The van der Waals surface area contributed by atoms with Crippen molar-refractivity contribution in [1.82, 2.24) is 14.9 Å². The van der Waals surface area contributed by atoms with Gasteiger partial charge in [-0.1, -0.05) is 24.3 Å². The fourth-order valence-corrected chi connectivity index (χ4v) is 2.54. The van der Waals surface area contributed by atoms with Crippen LogP contribution in [0.3, 0.4) is 0 Å². The van der Waals surface area contributed by atoms with Crippen LogP contribution in [0.4, 0.5) is 0 Å². The molecule has 0 saturated carbocycles. The molecule has 130 valence electrons. The van der Waals surface area contributed by atoms with Crippen molar-refractivity contribution < 1.29 is 9.53 Å². The Morgan fingerprint density at radius 3 is 2.73 bits per heavy atom. The number of carbonyl (C=O) groups is 1. The zero-order valence-corrected chi connectivity index (χ0v) is 14.3. The maximum absolute atomic E-state index is 12.1. The fourth-order valence-electron chi connectivity index (χ4n) is 2.54. The summed E-state index contributed by atoms with van der Waals surface area (Å²) in [7, 11) is 0. The highest BCUT2D eigenvalue weighted by Crippen LogP contribution is 2.17. The standard InChI is InChI=1S/C20H18N4O2/c1-15(16-6-8-18(9-7-16)24-11-10-22-14-24)23-20(25)13-26-19-5-3-2-4-17(19)12-21/h2-11,14-15H,13H2,1H3,(H,23,25). The first kappa shape index (κ1) is 17.2. The van der Waals surface area contributed by atoms with Crippen LogP contribution in [0.25, 0.3) is 5.69 Å². The molecule has 3 aromatic rings. The van der Waals surface area contributed by atoms with Gasteiger partial charge in [-0.3, -0.25) is 4.79 Å². The van der Waals surface area contributed by atoms with E-state index in [1.54, 1.807) is 36.8 Å². The molecule has 0 fully saturated rings. The molecule has 1 heterocycles. The van der Waals surface area contributed by atoms with Crippen LogP contribution in [0.2, 0.25) is 0 Å². The van der Waals surface area contributed by atoms with Crippen molar-refractivity contribution in [1.29, 1.82) is 5.26 Å². The van der Waals surface area contributed by atoms with Gasteiger partial charge in [-0.25, -0.2) is 4.98 Å². The maximum Gasteiger partial charge on any atom is 0.258 e. The molecule has 2 aromatic carbocycles. The number of nitrogens with one attached hydrogen (secondary N) is 1. The number of carbonyl (C=O) groups excluding carboxylic acids is 1. The van der Waals surface area contributed by atoms with Gasteiger partial charge in [0.05, 0.1) is 17.9 Å². The van der Waals surface area contributed by atoms with E-state index in [0.717, 1.165) is 11.3 Å². The predicted octanol–water partition coefficient (Wildman–Crippen LogP) is 3.00. The SMILES string of the molecule is CC(NC(=O)COc1ccccc1C#N)c1ccc(-n2ccnc2)cc1. The molecule has 0 radical (unpaired) electrons. The number of aromatic nitrogens is 2. The van der Waals surface area contributed by atoms with E-state index in [1.807, 2.05) is 48.0 Å². The number of nitriles is 1. The normalized spacial score (nSPS) is 11.4. The number of nitrogens with zero attached hydrogens (tertiary/aromatic N) is 3. The quantitative estimate of drug-likeness (QED) is 0.744. The molecule has 0 aliphatic carbocycles. The summed E-state index contributed by atoms with van der Waals surface area (Å²) in [6.07, 6.45) is 5.33. The van der Waals surface area contributed by atoms with Gasteiger partial charge in [-0.15, -0.1) is 0 Å². The van der Waals surface area contributed by atoms with Crippen LogP contribution < -0.4 is 10.1 Å². The molecule has 1 unspecified atom stereocenters. The van der Waals surface area contributed by atoms with Crippen LogP contribution in [-0.4, -0.2) is 22.1 Å². The topological polar surface area (TPSA) is 79.9 Å². The van der Waals surface area contributed by atoms with Gasteiger partial charge in [0.15, 0.2) is 6.61 Å². The van der Waals surface area contributed by atoms with E-state index in [0.29, 0.717) is 11.3 Å². The van der Waals surface area contributed by atoms with Gasteiger partial charge in [-0.2, -0.15) is 5.26 Å². The van der Waals surface area contributed by atoms with E-state index < -0.39 is 0 Å². The second-order valence-electron chi connectivity index (χ2n) is 5.75. The number of imidazole rings is 1. The van der Waals surface area contributed by atoms with E-state index in [-0.39, 0.29) is 18.6 Å². The highest BCUT2D eigenvalue weighted by Gasteiger charge is 2.11. The largest absolute Gasteiger partial charge is 0.482 e. The van der Waals surface area contributed by atoms with E-state index in [1.165, 1.54) is 0 Å². The van der Waals surface area contributed by atoms with Crippen molar-refractivity contribution in [2.75, 3.05) is 6.61 Å². The average Bonchev–Trinajstić information content (AvgIpc) is 3.21. The van der Waals surface area contributed by atoms with Crippen molar-refractivity contribution in [2.24, 2.45) is 0 Å². The lowest BCUT2D eigenvalue weighted by Gasteiger charge is -2.15. The minimum Gasteiger partial charge on any atom is -0.482 e. The fraction of sp³-hybridized carbons (Fsp3) is 0.150. The zero-order chi connectivity index (χ0) is 18.4. The van der Waals surface area contributed by atoms with Gasteiger partial charge in [0, 0.05) is 18.1 Å². The summed E-state index contributed by atoms with van der Waals surface area (Å²) < 4.78 is 7.36. The smallest absolute Gasteiger partial charge is 0.258 e. The Morgan fingerprint density at radius 1 is 1.27 bits per heavy atom. The van der Waals surface area contributed by atoms with Gasteiger partial charge in [-0.05, 0) is 36.8 Å². The van der Waals surface area contributed by atoms with Crippen molar-refractivity contribution >= 4 is 5.91 Å². The first-order valence-corrected chi connectivity index (χ1v) is 8.17. The van der Waals surface area contributed by atoms with E-state index in [2.05, 4.69) is 10.3 Å². The number of benzene rings is 2. The highest BCUT2D eigenvalue weighted by atomic mass is 16.5. The van der Waals surface area contributed by atoms with Crippen LogP contribution in [0.5, 0.6) is 5.75 Å². The second kappa shape index (κ2) is 7.99. The van der Waals surface area contributed by atoms with Crippen LogP contribution in [0, 0.1) is 11.3 Å². The molecule has 6 heteroatoms. The predicted molar refractivity (Wildman–Crippen MR) is 96.8 cm³/mol. The second-order valence-corrected chi connectivity index (χ2v) is 5.75. The summed E-state index contributed by atoms with van der Waals surface area (Å²) in [5.74, 6) is 0.159. The van der Waals surface area contributed by atoms with Gasteiger partial charge < -0.3 is 14.6 Å². The minimum absolute atomic E-state index is 0.143.